The second kappa shape index (κ2) is 3.33. The average molecular weight is 207 g/mol. The molecule has 74 valence electrons. The van der Waals surface area contributed by atoms with E-state index in [2.05, 4.69) is 11.1 Å². The molecule has 1 N–H and O–H groups in total. The molecule has 0 unspecified atom stereocenters. The SMILES string of the molecule is CC(C)(CO)c1cccc2ncsc12. The third-order valence-electron chi connectivity index (χ3n) is 2.48. The standard InChI is InChI=1S/C11H13NOS/c1-11(2,6-13)8-4-3-5-9-10(8)14-7-12-9/h3-5,7,13H,6H2,1-2H3. The second-order valence-corrected chi connectivity index (χ2v) is 4.90. The summed E-state index contributed by atoms with van der Waals surface area (Å²) in [7, 11) is 0. The quantitative estimate of drug-likeness (QED) is 0.821. The molecule has 2 aromatic rings. The number of hydrogen-bond acceptors (Lipinski definition) is 3. The van der Waals surface area contributed by atoms with E-state index in [4.69, 9.17) is 0 Å². The van der Waals surface area contributed by atoms with Crippen LogP contribution in [0.3, 0.4) is 0 Å². The highest BCUT2D eigenvalue weighted by molar-refractivity contribution is 7.17. The van der Waals surface area contributed by atoms with Gasteiger partial charge in [0.1, 0.15) is 0 Å². The first-order chi connectivity index (χ1) is 6.65. The molecule has 0 amide bonds. The van der Waals surface area contributed by atoms with Crippen molar-refractivity contribution in [3.05, 3.63) is 29.3 Å². The Hall–Kier alpha value is -0.930. The Morgan fingerprint density at radius 1 is 1.43 bits per heavy atom. The molecular formula is C11H13NOS. The fraction of sp³-hybridized carbons (Fsp3) is 0.364. The van der Waals surface area contributed by atoms with Crippen LogP contribution in [0.5, 0.6) is 0 Å². The predicted octanol–water partition coefficient (Wildman–Crippen LogP) is 2.57. The molecule has 0 aliphatic rings. The molecule has 1 heterocycles. The Balaban J connectivity index is 2.67. The van der Waals surface area contributed by atoms with Crippen LogP contribution < -0.4 is 0 Å². The van der Waals surface area contributed by atoms with Gasteiger partial charge < -0.3 is 5.11 Å². The molecule has 0 atom stereocenters. The van der Waals surface area contributed by atoms with Crippen molar-refractivity contribution in [1.29, 1.82) is 0 Å². The lowest BCUT2D eigenvalue weighted by atomic mass is 9.85. The highest BCUT2D eigenvalue weighted by Crippen LogP contribution is 2.31. The summed E-state index contributed by atoms with van der Waals surface area (Å²) in [5.74, 6) is 0. The Labute approximate surface area is 87.2 Å². The van der Waals surface area contributed by atoms with Crippen LogP contribution in [0.25, 0.3) is 10.2 Å². The third-order valence-corrected chi connectivity index (χ3v) is 3.36. The second-order valence-electron chi connectivity index (χ2n) is 4.05. The maximum absolute atomic E-state index is 9.33. The van der Waals surface area contributed by atoms with Crippen molar-refractivity contribution in [1.82, 2.24) is 4.98 Å². The van der Waals surface area contributed by atoms with Gasteiger partial charge >= 0.3 is 0 Å². The van der Waals surface area contributed by atoms with Gasteiger partial charge in [0.15, 0.2) is 0 Å². The van der Waals surface area contributed by atoms with Gasteiger partial charge in [0, 0.05) is 5.41 Å². The van der Waals surface area contributed by atoms with E-state index in [-0.39, 0.29) is 12.0 Å². The van der Waals surface area contributed by atoms with Gasteiger partial charge in [-0.15, -0.1) is 11.3 Å². The van der Waals surface area contributed by atoms with Crippen molar-refractivity contribution in [2.75, 3.05) is 6.61 Å². The van der Waals surface area contributed by atoms with E-state index in [0.29, 0.717) is 0 Å². The Kier molecular flexibility index (Phi) is 2.29. The first-order valence-electron chi connectivity index (χ1n) is 4.59. The number of aliphatic hydroxyl groups excluding tert-OH is 1. The highest BCUT2D eigenvalue weighted by Gasteiger charge is 2.22. The van der Waals surface area contributed by atoms with Crippen molar-refractivity contribution >= 4 is 21.6 Å². The van der Waals surface area contributed by atoms with Gasteiger partial charge in [-0.1, -0.05) is 26.0 Å². The van der Waals surface area contributed by atoms with Crippen molar-refractivity contribution in [3.8, 4) is 0 Å². The largest absolute Gasteiger partial charge is 0.395 e. The van der Waals surface area contributed by atoms with E-state index in [9.17, 15) is 5.11 Å². The van der Waals surface area contributed by atoms with Crippen LogP contribution in [0, 0.1) is 0 Å². The molecule has 0 spiro atoms. The van der Waals surface area contributed by atoms with E-state index in [1.807, 2.05) is 31.5 Å². The van der Waals surface area contributed by atoms with Gasteiger partial charge in [-0.2, -0.15) is 0 Å². The van der Waals surface area contributed by atoms with Crippen molar-refractivity contribution in [2.24, 2.45) is 0 Å². The Morgan fingerprint density at radius 3 is 2.93 bits per heavy atom. The smallest absolute Gasteiger partial charge is 0.0815 e. The number of fused-ring (bicyclic) bond motifs is 1. The summed E-state index contributed by atoms with van der Waals surface area (Å²) in [6, 6.07) is 6.06. The average Bonchev–Trinajstić information content (AvgIpc) is 2.64. The first kappa shape index (κ1) is 9.62. The van der Waals surface area contributed by atoms with Crippen LogP contribution in [0.1, 0.15) is 19.4 Å². The highest BCUT2D eigenvalue weighted by atomic mass is 32.1. The van der Waals surface area contributed by atoms with E-state index in [0.717, 1.165) is 5.52 Å². The number of hydrogen-bond donors (Lipinski definition) is 1. The summed E-state index contributed by atoms with van der Waals surface area (Å²) < 4.78 is 1.19. The van der Waals surface area contributed by atoms with Gasteiger partial charge in [0.05, 0.1) is 22.3 Å². The molecule has 0 aliphatic carbocycles. The minimum atomic E-state index is -0.188. The van der Waals surface area contributed by atoms with Crippen LogP contribution in [-0.2, 0) is 5.41 Å². The fourth-order valence-electron chi connectivity index (χ4n) is 1.50. The number of thiazole rings is 1. The summed E-state index contributed by atoms with van der Waals surface area (Å²) in [4.78, 5) is 4.26. The van der Waals surface area contributed by atoms with Crippen molar-refractivity contribution in [3.63, 3.8) is 0 Å². The van der Waals surface area contributed by atoms with Gasteiger partial charge in [0.25, 0.3) is 0 Å². The minimum absolute atomic E-state index is 0.157. The van der Waals surface area contributed by atoms with Gasteiger partial charge in [-0.25, -0.2) is 4.98 Å². The van der Waals surface area contributed by atoms with E-state index >= 15 is 0 Å². The molecule has 14 heavy (non-hydrogen) atoms. The third kappa shape index (κ3) is 1.42. The zero-order chi connectivity index (χ0) is 10.2. The lowest BCUT2D eigenvalue weighted by molar-refractivity contribution is 0.219. The molecule has 2 rings (SSSR count). The molecule has 0 bridgehead atoms. The predicted molar refractivity (Wildman–Crippen MR) is 59.7 cm³/mol. The molecule has 0 saturated carbocycles. The van der Waals surface area contributed by atoms with E-state index in [1.165, 1.54) is 10.3 Å². The molecular weight excluding hydrogens is 194 g/mol. The molecule has 1 aromatic carbocycles. The number of aromatic nitrogens is 1. The van der Waals surface area contributed by atoms with Crippen LogP contribution in [0.4, 0.5) is 0 Å². The first-order valence-corrected chi connectivity index (χ1v) is 5.47. The van der Waals surface area contributed by atoms with Crippen LogP contribution in [-0.4, -0.2) is 16.7 Å². The lowest BCUT2D eigenvalue weighted by Gasteiger charge is -2.22. The van der Waals surface area contributed by atoms with Gasteiger partial charge in [0.2, 0.25) is 0 Å². The Bertz CT molecular complexity index is 447. The number of rotatable bonds is 2. The molecule has 0 fully saturated rings. The zero-order valence-corrected chi connectivity index (χ0v) is 9.14. The molecule has 0 aliphatic heterocycles. The van der Waals surface area contributed by atoms with Crippen LogP contribution >= 0.6 is 11.3 Å². The monoisotopic (exact) mass is 207 g/mol. The zero-order valence-electron chi connectivity index (χ0n) is 8.32. The number of nitrogens with zero attached hydrogens (tertiary/aromatic N) is 1. The normalized spacial score (nSPS) is 12.2. The lowest BCUT2D eigenvalue weighted by Crippen LogP contribution is -2.21. The number of benzene rings is 1. The summed E-state index contributed by atoms with van der Waals surface area (Å²) in [5.41, 5.74) is 3.86. The fourth-order valence-corrected chi connectivity index (χ4v) is 2.49. The van der Waals surface area contributed by atoms with Crippen LogP contribution in [0.2, 0.25) is 0 Å². The number of aliphatic hydroxyl groups is 1. The summed E-state index contributed by atoms with van der Waals surface area (Å²) >= 11 is 1.63. The molecule has 3 heteroatoms. The molecule has 1 aromatic heterocycles. The maximum Gasteiger partial charge on any atom is 0.0815 e. The van der Waals surface area contributed by atoms with Crippen molar-refractivity contribution < 1.29 is 5.11 Å². The molecule has 0 radical (unpaired) electrons. The van der Waals surface area contributed by atoms with Crippen molar-refractivity contribution in [2.45, 2.75) is 19.3 Å². The topological polar surface area (TPSA) is 33.1 Å². The molecule has 0 saturated heterocycles. The van der Waals surface area contributed by atoms with Gasteiger partial charge in [-0.3, -0.25) is 0 Å². The van der Waals surface area contributed by atoms with E-state index < -0.39 is 0 Å². The Morgan fingerprint density at radius 2 is 2.21 bits per heavy atom. The summed E-state index contributed by atoms with van der Waals surface area (Å²) in [5, 5.41) is 9.33. The summed E-state index contributed by atoms with van der Waals surface area (Å²) in [6.45, 7) is 4.24. The minimum Gasteiger partial charge on any atom is -0.395 e. The molecule has 2 nitrogen and oxygen atoms in total. The van der Waals surface area contributed by atoms with E-state index in [1.54, 1.807) is 11.3 Å². The maximum atomic E-state index is 9.33. The summed E-state index contributed by atoms with van der Waals surface area (Å²) in [6.07, 6.45) is 0. The van der Waals surface area contributed by atoms with Crippen LogP contribution in [0.15, 0.2) is 23.7 Å². The van der Waals surface area contributed by atoms with Gasteiger partial charge in [-0.05, 0) is 11.6 Å².